The lowest BCUT2D eigenvalue weighted by atomic mass is 9.96. The molecule has 3 heterocycles. The van der Waals surface area contributed by atoms with Crippen molar-refractivity contribution in [2.24, 2.45) is 0 Å². The lowest BCUT2D eigenvalue weighted by molar-refractivity contribution is -0.157. The monoisotopic (exact) mass is 326 g/mol. The third kappa shape index (κ3) is 3.33. The molecule has 3 rings (SSSR count). The van der Waals surface area contributed by atoms with Gasteiger partial charge >= 0.3 is 12.1 Å². The number of aromatic nitrogens is 3. The minimum absolute atomic E-state index is 0.0224. The highest BCUT2D eigenvalue weighted by Crippen LogP contribution is 2.32. The SMILES string of the molecule is O=C(c1cccnc1)N1CCC(c2nnc(C(F)(F)F)o2)CC1. The Morgan fingerprint density at radius 1 is 1.26 bits per heavy atom. The number of rotatable bonds is 2. The predicted octanol–water partition coefficient (Wildman–Crippen LogP) is 2.50. The van der Waals surface area contributed by atoms with Crippen LogP contribution in [0.2, 0.25) is 0 Å². The summed E-state index contributed by atoms with van der Waals surface area (Å²) in [7, 11) is 0. The molecule has 1 aliphatic rings. The van der Waals surface area contributed by atoms with Gasteiger partial charge in [-0.05, 0) is 25.0 Å². The minimum atomic E-state index is -4.64. The van der Waals surface area contributed by atoms with Crippen molar-refractivity contribution in [1.82, 2.24) is 20.1 Å². The van der Waals surface area contributed by atoms with Crippen LogP contribution >= 0.6 is 0 Å². The Kier molecular flexibility index (Phi) is 4.01. The van der Waals surface area contributed by atoms with E-state index in [2.05, 4.69) is 15.2 Å². The van der Waals surface area contributed by atoms with Crippen molar-refractivity contribution < 1.29 is 22.4 Å². The number of piperidine rings is 1. The second-order valence-corrected chi connectivity index (χ2v) is 5.25. The number of amides is 1. The van der Waals surface area contributed by atoms with Crippen molar-refractivity contribution in [2.75, 3.05) is 13.1 Å². The van der Waals surface area contributed by atoms with Gasteiger partial charge in [-0.1, -0.05) is 0 Å². The van der Waals surface area contributed by atoms with Gasteiger partial charge < -0.3 is 9.32 Å². The smallest absolute Gasteiger partial charge is 0.417 e. The van der Waals surface area contributed by atoms with E-state index in [1.165, 1.54) is 6.20 Å². The fraction of sp³-hybridized carbons (Fsp3) is 0.429. The number of carbonyl (C=O) groups excluding carboxylic acids is 1. The van der Waals surface area contributed by atoms with Crippen molar-refractivity contribution in [3.63, 3.8) is 0 Å². The molecule has 122 valence electrons. The average Bonchev–Trinajstić information content (AvgIpc) is 3.05. The van der Waals surface area contributed by atoms with Gasteiger partial charge in [0.1, 0.15) is 0 Å². The molecule has 1 fully saturated rings. The van der Waals surface area contributed by atoms with Crippen LogP contribution in [0, 0.1) is 0 Å². The third-order valence-corrected chi connectivity index (χ3v) is 3.72. The summed E-state index contributed by atoms with van der Waals surface area (Å²) in [5.41, 5.74) is 0.489. The van der Waals surface area contributed by atoms with Crippen LogP contribution in [0.3, 0.4) is 0 Å². The van der Waals surface area contributed by atoms with Gasteiger partial charge in [-0.2, -0.15) is 13.2 Å². The molecule has 1 amide bonds. The molecule has 0 atom stereocenters. The lowest BCUT2D eigenvalue weighted by Crippen LogP contribution is -2.38. The van der Waals surface area contributed by atoms with Gasteiger partial charge in [0.25, 0.3) is 5.91 Å². The van der Waals surface area contributed by atoms with E-state index < -0.39 is 12.1 Å². The van der Waals surface area contributed by atoms with Crippen molar-refractivity contribution in [2.45, 2.75) is 24.9 Å². The molecule has 6 nitrogen and oxygen atoms in total. The van der Waals surface area contributed by atoms with Gasteiger partial charge in [-0.25, -0.2) is 0 Å². The summed E-state index contributed by atoms with van der Waals surface area (Å²) in [5.74, 6) is -1.76. The van der Waals surface area contributed by atoms with Crippen LogP contribution in [0.15, 0.2) is 28.9 Å². The number of likely N-dealkylation sites (tertiary alicyclic amines) is 1. The molecule has 0 spiro atoms. The quantitative estimate of drug-likeness (QED) is 0.848. The Morgan fingerprint density at radius 3 is 2.57 bits per heavy atom. The predicted molar refractivity (Wildman–Crippen MR) is 71.4 cm³/mol. The molecule has 2 aromatic rings. The summed E-state index contributed by atoms with van der Waals surface area (Å²) in [6, 6.07) is 3.35. The van der Waals surface area contributed by atoms with Crippen molar-refractivity contribution in [3.8, 4) is 0 Å². The molecule has 9 heteroatoms. The summed E-state index contributed by atoms with van der Waals surface area (Å²) in [4.78, 5) is 17.8. The highest BCUT2D eigenvalue weighted by atomic mass is 19.4. The molecule has 0 aromatic carbocycles. The molecular weight excluding hydrogens is 313 g/mol. The van der Waals surface area contributed by atoms with Gasteiger partial charge in [0.05, 0.1) is 5.56 Å². The maximum atomic E-state index is 12.5. The molecule has 2 aromatic heterocycles. The summed E-state index contributed by atoms with van der Waals surface area (Å²) in [5, 5.41) is 6.52. The van der Waals surface area contributed by atoms with Crippen LogP contribution < -0.4 is 0 Å². The number of carbonyl (C=O) groups is 1. The Morgan fingerprint density at radius 2 is 2.00 bits per heavy atom. The van der Waals surface area contributed by atoms with Gasteiger partial charge in [-0.3, -0.25) is 9.78 Å². The standard InChI is InChI=1S/C14H13F3N4O2/c15-14(16,17)13-20-19-11(23-13)9-3-6-21(7-4-9)12(22)10-2-1-5-18-8-10/h1-2,5,8-9H,3-4,6-7H2. The number of hydrogen-bond acceptors (Lipinski definition) is 5. The zero-order chi connectivity index (χ0) is 16.4. The molecule has 0 radical (unpaired) electrons. The molecular formula is C14H13F3N4O2. The van der Waals surface area contributed by atoms with Crippen LogP contribution in [0.4, 0.5) is 13.2 Å². The van der Waals surface area contributed by atoms with E-state index in [-0.39, 0.29) is 17.7 Å². The van der Waals surface area contributed by atoms with E-state index in [1.807, 2.05) is 0 Å². The first-order valence-corrected chi connectivity index (χ1v) is 7.05. The Labute approximate surface area is 129 Å². The van der Waals surface area contributed by atoms with Crippen LogP contribution in [-0.4, -0.2) is 39.1 Å². The van der Waals surface area contributed by atoms with E-state index in [9.17, 15) is 18.0 Å². The van der Waals surface area contributed by atoms with Gasteiger partial charge in [0, 0.05) is 31.4 Å². The molecule has 1 saturated heterocycles. The van der Waals surface area contributed by atoms with Crippen LogP contribution in [-0.2, 0) is 6.18 Å². The molecule has 0 N–H and O–H groups in total. The summed E-state index contributed by atoms with van der Waals surface area (Å²) in [6.07, 6.45) is -0.613. The fourth-order valence-electron chi connectivity index (χ4n) is 2.52. The van der Waals surface area contributed by atoms with E-state index in [4.69, 9.17) is 4.42 Å². The van der Waals surface area contributed by atoms with Crippen molar-refractivity contribution in [3.05, 3.63) is 41.9 Å². The number of hydrogen-bond donors (Lipinski definition) is 0. The first-order valence-electron chi connectivity index (χ1n) is 7.05. The zero-order valence-electron chi connectivity index (χ0n) is 12.0. The number of halogens is 3. The summed E-state index contributed by atoms with van der Waals surface area (Å²) >= 11 is 0. The van der Waals surface area contributed by atoms with Crippen molar-refractivity contribution >= 4 is 5.91 Å². The molecule has 0 bridgehead atoms. The molecule has 23 heavy (non-hydrogen) atoms. The first-order chi connectivity index (χ1) is 10.9. The normalized spacial score (nSPS) is 16.6. The largest absolute Gasteiger partial charge is 0.470 e. The molecule has 1 aliphatic heterocycles. The van der Waals surface area contributed by atoms with Crippen LogP contribution in [0.25, 0.3) is 0 Å². The lowest BCUT2D eigenvalue weighted by Gasteiger charge is -2.30. The maximum Gasteiger partial charge on any atom is 0.470 e. The second-order valence-electron chi connectivity index (χ2n) is 5.25. The van der Waals surface area contributed by atoms with E-state index in [0.29, 0.717) is 31.5 Å². The Balaban J connectivity index is 1.62. The van der Waals surface area contributed by atoms with Gasteiger partial charge in [0.15, 0.2) is 0 Å². The van der Waals surface area contributed by atoms with E-state index in [1.54, 1.807) is 23.2 Å². The average molecular weight is 326 g/mol. The van der Waals surface area contributed by atoms with Crippen LogP contribution in [0.5, 0.6) is 0 Å². The Bertz CT molecular complexity index is 679. The van der Waals surface area contributed by atoms with Crippen LogP contribution in [0.1, 0.15) is 40.9 Å². The summed E-state index contributed by atoms with van der Waals surface area (Å²) in [6.45, 7) is 0.838. The van der Waals surface area contributed by atoms with Gasteiger partial charge in [0.2, 0.25) is 5.89 Å². The van der Waals surface area contributed by atoms with Crippen molar-refractivity contribution in [1.29, 1.82) is 0 Å². The Hall–Kier alpha value is -2.45. The third-order valence-electron chi connectivity index (χ3n) is 3.72. The molecule has 0 saturated carbocycles. The topological polar surface area (TPSA) is 72.1 Å². The number of pyridine rings is 1. The highest BCUT2D eigenvalue weighted by molar-refractivity contribution is 5.93. The minimum Gasteiger partial charge on any atom is -0.417 e. The fourth-order valence-corrected chi connectivity index (χ4v) is 2.52. The second kappa shape index (κ2) is 5.98. The first kappa shape index (κ1) is 15.4. The zero-order valence-corrected chi connectivity index (χ0v) is 12.0. The molecule has 0 unspecified atom stereocenters. The maximum absolute atomic E-state index is 12.5. The summed E-state index contributed by atoms with van der Waals surface area (Å²) < 4.78 is 42.1. The van der Waals surface area contributed by atoms with E-state index in [0.717, 1.165) is 0 Å². The van der Waals surface area contributed by atoms with Gasteiger partial charge in [-0.15, -0.1) is 10.2 Å². The molecule has 0 aliphatic carbocycles. The number of nitrogens with zero attached hydrogens (tertiary/aromatic N) is 4. The van der Waals surface area contributed by atoms with E-state index >= 15 is 0 Å². The number of alkyl halides is 3. The highest BCUT2D eigenvalue weighted by Gasteiger charge is 2.39.